The van der Waals surface area contributed by atoms with Crippen molar-refractivity contribution < 1.29 is 9.53 Å². The van der Waals surface area contributed by atoms with E-state index in [1.807, 2.05) is 6.07 Å². The molecule has 0 aliphatic rings. The van der Waals surface area contributed by atoms with Crippen LogP contribution in [0.1, 0.15) is 42.2 Å². The van der Waals surface area contributed by atoms with Gasteiger partial charge in [0.25, 0.3) is 0 Å². The van der Waals surface area contributed by atoms with Gasteiger partial charge in [0.15, 0.2) is 0 Å². The predicted octanol–water partition coefficient (Wildman–Crippen LogP) is 3.02. The number of amides is 1. The summed E-state index contributed by atoms with van der Waals surface area (Å²) in [5.74, 6) is 1.15. The smallest absolute Gasteiger partial charge is 0.248 e. The Morgan fingerprint density at radius 3 is 2.36 bits per heavy atom. The van der Waals surface area contributed by atoms with Crippen LogP contribution in [0.25, 0.3) is 0 Å². The molecule has 1 unspecified atom stereocenters. The Labute approximate surface area is 130 Å². The largest absolute Gasteiger partial charge is 0.439 e. The number of hydrogen-bond donors (Lipinski definition) is 2. The zero-order chi connectivity index (χ0) is 16.1. The third kappa shape index (κ3) is 4.30. The Bertz CT molecular complexity index is 621. The molecule has 0 aliphatic heterocycles. The molecule has 0 bridgehead atoms. The molecule has 5 nitrogen and oxygen atoms in total. The van der Waals surface area contributed by atoms with Gasteiger partial charge in [-0.3, -0.25) is 4.79 Å². The number of ether oxygens (including phenoxy) is 1. The van der Waals surface area contributed by atoms with E-state index in [0.717, 1.165) is 12.0 Å². The first-order chi connectivity index (χ1) is 10.5. The van der Waals surface area contributed by atoms with Crippen LogP contribution in [0.5, 0.6) is 11.6 Å². The van der Waals surface area contributed by atoms with Gasteiger partial charge in [0.1, 0.15) is 5.75 Å². The first-order valence-corrected chi connectivity index (χ1v) is 7.25. The van der Waals surface area contributed by atoms with Gasteiger partial charge in [-0.15, -0.1) is 0 Å². The molecule has 0 spiro atoms. The van der Waals surface area contributed by atoms with Crippen molar-refractivity contribution in [1.29, 1.82) is 0 Å². The van der Waals surface area contributed by atoms with Gasteiger partial charge in [-0.2, -0.15) is 0 Å². The number of hydrogen-bond acceptors (Lipinski definition) is 4. The SMILES string of the molecule is CC(C)CC(N)c1ccc(Oc2ccc(C(N)=O)cc2)nc1. The number of nitrogens with two attached hydrogens (primary N) is 2. The van der Waals surface area contributed by atoms with Crippen molar-refractivity contribution in [1.82, 2.24) is 4.98 Å². The molecule has 0 aliphatic carbocycles. The lowest BCUT2D eigenvalue weighted by molar-refractivity contribution is 0.100. The minimum absolute atomic E-state index is 0.0172. The second kappa shape index (κ2) is 7.04. The van der Waals surface area contributed by atoms with Crippen LogP contribution in [0.4, 0.5) is 0 Å². The summed E-state index contributed by atoms with van der Waals surface area (Å²) in [4.78, 5) is 15.3. The van der Waals surface area contributed by atoms with Gasteiger partial charge in [-0.25, -0.2) is 4.98 Å². The molecule has 0 saturated carbocycles. The maximum atomic E-state index is 11.0. The number of aromatic nitrogens is 1. The minimum atomic E-state index is -0.465. The highest BCUT2D eigenvalue weighted by molar-refractivity contribution is 5.92. The zero-order valence-corrected chi connectivity index (χ0v) is 12.8. The Hall–Kier alpha value is -2.40. The van der Waals surface area contributed by atoms with Crippen LogP contribution < -0.4 is 16.2 Å². The fourth-order valence-electron chi connectivity index (χ4n) is 2.12. The highest BCUT2D eigenvalue weighted by Crippen LogP contribution is 2.23. The van der Waals surface area contributed by atoms with E-state index < -0.39 is 5.91 Å². The van der Waals surface area contributed by atoms with Crippen molar-refractivity contribution in [3.05, 3.63) is 53.7 Å². The molecular formula is C17H21N3O2. The second-order valence-electron chi connectivity index (χ2n) is 5.66. The molecule has 0 fully saturated rings. The molecule has 2 rings (SSSR count). The molecule has 1 aromatic heterocycles. The fraction of sp³-hybridized carbons (Fsp3) is 0.294. The van der Waals surface area contributed by atoms with Crippen LogP contribution in [0.2, 0.25) is 0 Å². The molecule has 0 saturated heterocycles. The molecule has 5 heteroatoms. The van der Waals surface area contributed by atoms with Gasteiger partial charge in [0.2, 0.25) is 11.8 Å². The molecule has 1 atom stereocenters. The van der Waals surface area contributed by atoms with Crippen LogP contribution in [-0.4, -0.2) is 10.9 Å². The summed E-state index contributed by atoms with van der Waals surface area (Å²) in [6.45, 7) is 4.28. The van der Waals surface area contributed by atoms with E-state index in [1.54, 1.807) is 36.5 Å². The Morgan fingerprint density at radius 1 is 1.18 bits per heavy atom. The van der Waals surface area contributed by atoms with E-state index in [4.69, 9.17) is 16.2 Å². The number of primary amides is 1. The lowest BCUT2D eigenvalue weighted by Crippen LogP contribution is -2.13. The summed E-state index contributed by atoms with van der Waals surface area (Å²) in [5.41, 5.74) is 12.7. The molecule has 1 aromatic carbocycles. The van der Waals surface area contributed by atoms with Gasteiger partial charge in [-0.05, 0) is 42.2 Å². The summed E-state index contributed by atoms with van der Waals surface area (Å²) in [7, 11) is 0. The lowest BCUT2D eigenvalue weighted by Gasteiger charge is -2.14. The lowest BCUT2D eigenvalue weighted by atomic mass is 9.99. The van der Waals surface area contributed by atoms with Crippen molar-refractivity contribution in [2.24, 2.45) is 17.4 Å². The first-order valence-electron chi connectivity index (χ1n) is 7.25. The monoisotopic (exact) mass is 299 g/mol. The molecule has 116 valence electrons. The van der Waals surface area contributed by atoms with Gasteiger partial charge >= 0.3 is 0 Å². The van der Waals surface area contributed by atoms with Crippen molar-refractivity contribution in [3.8, 4) is 11.6 Å². The standard InChI is InChI=1S/C17H21N3O2/c1-11(2)9-15(18)13-5-8-16(20-10-13)22-14-6-3-12(4-7-14)17(19)21/h3-8,10-11,15H,9,18H2,1-2H3,(H2,19,21). The fourth-order valence-corrected chi connectivity index (χ4v) is 2.12. The van der Waals surface area contributed by atoms with E-state index in [-0.39, 0.29) is 6.04 Å². The first kappa shape index (κ1) is 16.0. The maximum Gasteiger partial charge on any atom is 0.248 e. The second-order valence-corrected chi connectivity index (χ2v) is 5.66. The number of carbonyl (C=O) groups excluding carboxylic acids is 1. The van der Waals surface area contributed by atoms with Crippen LogP contribution >= 0.6 is 0 Å². The maximum absolute atomic E-state index is 11.0. The number of benzene rings is 1. The van der Waals surface area contributed by atoms with Crippen LogP contribution in [-0.2, 0) is 0 Å². The highest BCUT2D eigenvalue weighted by Gasteiger charge is 2.09. The molecule has 1 amide bonds. The van der Waals surface area contributed by atoms with Crippen molar-refractivity contribution in [2.45, 2.75) is 26.3 Å². The van der Waals surface area contributed by atoms with Gasteiger partial charge in [0.05, 0.1) is 0 Å². The Kier molecular flexibility index (Phi) is 5.12. The topological polar surface area (TPSA) is 91.2 Å². The van der Waals surface area contributed by atoms with E-state index in [0.29, 0.717) is 23.1 Å². The van der Waals surface area contributed by atoms with Gasteiger partial charge < -0.3 is 16.2 Å². The van der Waals surface area contributed by atoms with Crippen LogP contribution in [0, 0.1) is 5.92 Å². The van der Waals surface area contributed by atoms with Gasteiger partial charge in [-0.1, -0.05) is 19.9 Å². The summed E-state index contributed by atoms with van der Waals surface area (Å²) in [6.07, 6.45) is 2.65. The normalized spacial score (nSPS) is 12.2. The third-order valence-corrected chi connectivity index (χ3v) is 3.27. The summed E-state index contributed by atoms with van der Waals surface area (Å²) in [6, 6.07) is 10.3. The number of nitrogens with zero attached hydrogens (tertiary/aromatic N) is 1. The Morgan fingerprint density at radius 2 is 1.86 bits per heavy atom. The average molecular weight is 299 g/mol. The van der Waals surface area contributed by atoms with E-state index in [2.05, 4.69) is 18.8 Å². The molecule has 4 N–H and O–H groups in total. The average Bonchev–Trinajstić information content (AvgIpc) is 2.48. The zero-order valence-electron chi connectivity index (χ0n) is 12.8. The summed E-state index contributed by atoms with van der Waals surface area (Å²) in [5, 5.41) is 0. The number of pyridine rings is 1. The van der Waals surface area contributed by atoms with Gasteiger partial charge in [0, 0.05) is 23.9 Å². The van der Waals surface area contributed by atoms with E-state index in [1.165, 1.54) is 0 Å². The third-order valence-electron chi connectivity index (χ3n) is 3.27. The highest BCUT2D eigenvalue weighted by atomic mass is 16.5. The van der Waals surface area contributed by atoms with Crippen molar-refractivity contribution in [2.75, 3.05) is 0 Å². The van der Waals surface area contributed by atoms with Crippen LogP contribution in [0.3, 0.4) is 0 Å². The minimum Gasteiger partial charge on any atom is -0.439 e. The molecular weight excluding hydrogens is 278 g/mol. The molecule has 2 aromatic rings. The number of rotatable bonds is 6. The van der Waals surface area contributed by atoms with E-state index >= 15 is 0 Å². The number of carbonyl (C=O) groups is 1. The molecule has 22 heavy (non-hydrogen) atoms. The molecule has 0 radical (unpaired) electrons. The van der Waals surface area contributed by atoms with E-state index in [9.17, 15) is 4.79 Å². The molecule has 1 heterocycles. The quantitative estimate of drug-likeness (QED) is 0.857. The Balaban J connectivity index is 2.03. The predicted molar refractivity (Wildman–Crippen MR) is 85.7 cm³/mol. The summed E-state index contributed by atoms with van der Waals surface area (Å²) < 4.78 is 5.62. The van der Waals surface area contributed by atoms with Crippen molar-refractivity contribution in [3.63, 3.8) is 0 Å². The summed E-state index contributed by atoms with van der Waals surface area (Å²) >= 11 is 0. The van der Waals surface area contributed by atoms with Crippen molar-refractivity contribution >= 4 is 5.91 Å². The van der Waals surface area contributed by atoms with Crippen LogP contribution in [0.15, 0.2) is 42.6 Å².